The summed E-state index contributed by atoms with van der Waals surface area (Å²) in [6.45, 7) is 9.89. The van der Waals surface area contributed by atoms with Gasteiger partial charge in [-0.3, -0.25) is 4.90 Å². The maximum absolute atomic E-state index is 10.6. The van der Waals surface area contributed by atoms with Gasteiger partial charge in [0, 0.05) is 19.1 Å². The highest BCUT2D eigenvalue weighted by Crippen LogP contribution is 2.37. The van der Waals surface area contributed by atoms with Crippen LogP contribution in [0.5, 0.6) is 0 Å². The van der Waals surface area contributed by atoms with Crippen LogP contribution in [-0.2, 0) is 0 Å². The Kier molecular flexibility index (Phi) is 6.09. The van der Waals surface area contributed by atoms with Crippen LogP contribution in [0.25, 0.3) is 0 Å². The minimum absolute atomic E-state index is 0.0764. The number of rotatable bonds is 6. The molecule has 0 aliphatic heterocycles. The molecule has 2 unspecified atom stereocenters. The Balaban J connectivity index is 2.65. The van der Waals surface area contributed by atoms with Crippen LogP contribution in [0.2, 0.25) is 0 Å². The van der Waals surface area contributed by atoms with Gasteiger partial charge in [0.1, 0.15) is 0 Å². The number of aliphatic hydroxyl groups excluding tert-OH is 1. The molecule has 1 rings (SSSR count). The first-order valence-corrected chi connectivity index (χ1v) is 7.45. The summed E-state index contributed by atoms with van der Waals surface area (Å²) in [5.41, 5.74) is 0.0764. The van der Waals surface area contributed by atoms with Crippen molar-refractivity contribution in [2.45, 2.75) is 58.6 Å². The zero-order valence-corrected chi connectivity index (χ0v) is 12.9. The Morgan fingerprint density at radius 2 is 1.83 bits per heavy atom. The summed E-state index contributed by atoms with van der Waals surface area (Å²) in [6, 6.07) is 0.355. The lowest BCUT2D eigenvalue weighted by molar-refractivity contribution is -0.0582. The summed E-state index contributed by atoms with van der Waals surface area (Å²) in [7, 11) is 4.23. The van der Waals surface area contributed by atoms with Crippen molar-refractivity contribution in [1.82, 2.24) is 9.80 Å². The Bertz CT molecular complexity index is 241. The first-order chi connectivity index (χ1) is 8.38. The van der Waals surface area contributed by atoms with Crippen LogP contribution in [0.15, 0.2) is 0 Å². The normalized spacial score (nSPS) is 28.0. The third-order valence-electron chi connectivity index (χ3n) is 4.30. The maximum atomic E-state index is 10.6. The molecule has 1 aliphatic rings. The highest BCUT2D eigenvalue weighted by molar-refractivity contribution is 4.93. The minimum Gasteiger partial charge on any atom is -0.391 e. The molecule has 0 aromatic heterocycles. The number of hydrogen-bond acceptors (Lipinski definition) is 3. The van der Waals surface area contributed by atoms with Crippen LogP contribution in [0, 0.1) is 5.41 Å². The van der Waals surface area contributed by atoms with Gasteiger partial charge >= 0.3 is 0 Å². The largest absolute Gasteiger partial charge is 0.391 e. The number of hydrogen-bond donors (Lipinski definition) is 1. The van der Waals surface area contributed by atoms with Crippen molar-refractivity contribution in [1.29, 1.82) is 0 Å². The molecule has 0 bridgehead atoms. The first-order valence-electron chi connectivity index (χ1n) is 7.45. The average molecular weight is 256 g/mol. The summed E-state index contributed by atoms with van der Waals surface area (Å²) in [6.07, 6.45) is 4.53. The lowest BCUT2D eigenvalue weighted by Gasteiger charge is -2.46. The van der Waals surface area contributed by atoms with Crippen LogP contribution in [0.3, 0.4) is 0 Å². The molecule has 1 aliphatic carbocycles. The van der Waals surface area contributed by atoms with Gasteiger partial charge in [0.25, 0.3) is 0 Å². The van der Waals surface area contributed by atoms with Crippen molar-refractivity contribution in [2.75, 3.05) is 33.7 Å². The maximum Gasteiger partial charge on any atom is 0.0746 e. The van der Waals surface area contributed by atoms with Gasteiger partial charge in [0.05, 0.1) is 6.10 Å². The molecule has 0 aromatic carbocycles. The molecule has 3 nitrogen and oxygen atoms in total. The van der Waals surface area contributed by atoms with E-state index in [-0.39, 0.29) is 11.5 Å². The second-order valence-corrected chi connectivity index (χ2v) is 6.73. The molecular formula is C15H32N2O. The molecule has 0 spiro atoms. The summed E-state index contributed by atoms with van der Waals surface area (Å²) in [4.78, 5) is 4.73. The second-order valence-electron chi connectivity index (χ2n) is 6.73. The highest BCUT2D eigenvalue weighted by atomic mass is 16.3. The van der Waals surface area contributed by atoms with Crippen molar-refractivity contribution in [2.24, 2.45) is 5.41 Å². The summed E-state index contributed by atoms with van der Waals surface area (Å²) in [5.74, 6) is 0. The molecule has 18 heavy (non-hydrogen) atoms. The predicted molar refractivity (Wildman–Crippen MR) is 77.8 cm³/mol. The zero-order chi connectivity index (χ0) is 13.8. The first kappa shape index (κ1) is 15.9. The summed E-state index contributed by atoms with van der Waals surface area (Å²) >= 11 is 0. The topological polar surface area (TPSA) is 26.7 Å². The molecule has 0 aromatic rings. The van der Waals surface area contributed by atoms with E-state index < -0.39 is 0 Å². The van der Waals surface area contributed by atoms with E-state index in [1.54, 1.807) is 0 Å². The van der Waals surface area contributed by atoms with E-state index in [0.717, 1.165) is 38.9 Å². The summed E-state index contributed by atoms with van der Waals surface area (Å²) < 4.78 is 0. The number of likely N-dealkylation sites (N-methyl/N-ethyl adjacent to an activating group) is 1. The van der Waals surface area contributed by atoms with Gasteiger partial charge in [-0.05, 0) is 45.3 Å². The van der Waals surface area contributed by atoms with Crippen LogP contribution in [-0.4, -0.2) is 60.8 Å². The third-order valence-corrected chi connectivity index (χ3v) is 4.30. The molecule has 1 N–H and O–H groups in total. The molecular weight excluding hydrogens is 224 g/mol. The standard InChI is InChI=1S/C15H32N2O/c1-6-10-17(12-11-16(4)5)13-8-7-9-15(2,3)14(13)18/h13-14,18H,6-12H2,1-5H3. The lowest BCUT2D eigenvalue weighted by atomic mass is 9.72. The molecule has 1 fully saturated rings. The Morgan fingerprint density at radius 1 is 1.17 bits per heavy atom. The van der Waals surface area contributed by atoms with E-state index in [1.165, 1.54) is 6.42 Å². The molecule has 0 saturated heterocycles. The van der Waals surface area contributed by atoms with Crippen LogP contribution in [0.1, 0.15) is 46.5 Å². The molecule has 0 heterocycles. The van der Waals surface area contributed by atoms with E-state index in [2.05, 4.69) is 44.7 Å². The Hall–Kier alpha value is -0.120. The number of nitrogens with zero attached hydrogens (tertiary/aromatic N) is 2. The molecule has 1 saturated carbocycles. The van der Waals surface area contributed by atoms with E-state index in [4.69, 9.17) is 0 Å². The van der Waals surface area contributed by atoms with Gasteiger partial charge in [0.15, 0.2) is 0 Å². The van der Waals surface area contributed by atoms with Crippen molar-refractivity contribution < 1.29 is 5.11 Å². The lowest BCUT2D eigenvalue weighted by Crippen LogP contribution is -2.53. The average Bonchev–Trinajstić information content (AvgIpc) is 2.28. The number of aliphatic hydroxyl groups is 1. The van der Waals surface area contributed by atoms with Gasteiger partial charge in [-0.2, -0.15) is 0 Å². The second kappa shape index (κ2) is 6.88. The van der Waals surface area contributed by atoms with E-state index in [9.17, 15) is 5.11 Å². The fraction of sp³-hybridized carbons (Fsp3) is 1.00. The van der Waals surface area contributed by atoms with Gasteiger partial charge < -0.3 is 10.0 Å². The quantitative estimate of drug-likeness (QED) is 0.789. The van der Waals surface area contributed by atoms with Crippen molar-refractivity contribution >= 4 is 0 Å². The Labute approximate surface area is 113 Å². The molecule has 0 radical (unpaired) electrons. The van der Waals surface area contributed by atoms with Crippen LogP contribution in [0.4, 0.5) is 0 Å². The SMILES string of the molecule is CCCN(CCN(C)C)C1CCCC(C)(C)C1O. The molecule has 2 atom stereocenters. The monoisotopic (exact) mass is 256 g/mol. The van der Waals surface area contributed by atoms with Crippen LogP contribution >= 0.6 is 0 Å². The zero-order valence-electron chi connectivity index (χ0n) is 12.9. The van der Waals surface area contributed by atoms with Crippen molar-refractivity contribution in [3.63, 3.8) is 0 Å². The minimum atomic E-state index is -0.181. The fourth-order valence-corrected chi connectivity index (χ4v) is 3.03. The van der Waals surface area contributed by atoms with E-state index >= 15 is 0 Å². The van der Waals surface area contributed by atoms with Crippen molar-refractivity contribution in [3.8, 4) is 0 Å². The molecule has 3 heteroatoms. The Morgan fingerprint density at radius 3 is 2.39 bits per heavy atom. The van der Waals surface area contributed by atoms with Gasteiger partial charge in [-0.1, -0.05) is 27.2 Å². The highest BCUT2D eigenvalue weighted by Gasteiger charge is 2.39. The van der Waals surface area contributed by atoms with Gasteiger partial charge in [0.2, 0.25) is 0 Å². The molecule has 0 amide bonds. The van der Waals surface area contributed by atoms with E-state index in [1.807, 2.05) is 0 Å². The fourth-order valence-electron chi connectivity index (χ4n) is 3.03. The van der Waals surface area contributed by atoms with E-state index in [0.29, 0.717) is 6.04 Å². The molecule has 108 valence electrons. The van der Waals surface area contributed by atoms with Crippen molar-refractivity contribution in [3.05, 3.63) is 0 Å². The van der Waals surface area contributed by atoms with Gasteiger partial charge in [-0.25, -0.2) is 0 Å². The predicted octanol–water partition coefficient (Wildman–Crippen LogP) is 2.20. The smallest absolute Gasteiger partial charge is 0.0746 e. The van der Waals surface area contributed by atoms with Crippen LogP contribution < -0.4 is 0 Å². The summed E-state index contributed by atoms with van der Waals surface area (Å²) in [5, 5.41) is 10.6. The van der Waals surface area contributed by atoms with Gasteiger partial charge in [-0.15, -0.1) is 0 Å². The third kappa shape index (κ3) is 4.22.